The van der Waals surface area contributed by atoms with E-state index in [-0.39, 0.29) is 36.7 Å². The zero-order chi connectivity index (χ0) is 19.8. The Balaban J connectivity index is 1.67. The normalized spacial score (nSPS) is 16.5. The van der Waals surface area contributed by atoms with Crippen LogP contribution in [-0.2, 0) is 14.3 Å². The quantitative estimate of drug-likeness (QED) is 0.437. The number of rotatable bonds is 7. The van der Waals surface area contributed by atoms with Gasteiger partial charge >= 0.3 is 5.97 Å². The van der Waals surface area contributed by atoms with Crippen molar-refractivity contribution >= 4 is 23.5 Å². The number of hydrogen-bond acceptors (Lipinski definition) is 6. The second kappa shape index (κ2) is 9.65. The topological polar surface area (TPSA) is 119 Å². The van der Waals surface area contributed by atoms with Crippen LogP contribution in [-0.4, -0.2) is 53.8 Å². The predicted molar refractivity (Wildman–Crippen MR) is 96.0 cm³/mol. The van der Waals surface area contributed by atoms with Crippen molar-refractivity contribution in [2.24, 2.45) is 5.92 Å². The van der Waals surface area contributed by atoms with Crippen molar-refractivity contribution in [3.8, 4) is 0 Å². The highest BCUT2D eigenvalue weighted by molar-refractivity contribution is 5.94. The minimum absolute atomic E-state index is 0.0452. The second-order valence-corrected chi connectivity index (χ2v) is 6.56. The fourth-order valence-corrected chi connectivity index (χ4v) is 2.84. The fourth-order valence-electron chi connectivity index (χ4n) is 2.84. The summed E-state index contributed by atoms with van der Waals surface area (Å²) < 4.78 is 4.97. The molecule has 146 valence electrons. The lowest BCUT2D eigenvalue weighted by Crippen LogP contribution is -2.41. The van der Waals surface area contributed by atoms with Gasteiger partial charge in [-0.15, -0.1) is 0 Å². The molecular formula is C18H23N3O6. The zero-order valence-corrected chi connectivity index (χ0v) is 15.2. The van der Waals surface area contributed by atoms with E-state index in [2.05, 4.69) is 12.2 Å². The van der Waals surface area contributed by atoms with Gasteiger partial charge in [-0.2, -0.15) is 0 Å². The van der Waals surface area contributed by atoms with E-state index in [4.69, 9.17) is 4.74 Å². The van der Waals surface area contributed by atoms with E-state index in [1.54, 1.807) is 4.90 Å². The van der Waals surface area contributed by atoms with Crippen LogP contribution in [0, 0.1) is 16.0 Å². The predicted octanol–water partition coefficient (Wildman–Crippen LogP) is 1.52. The molecule has 2 rings (SSSR count). The summed E-state index contributed by atoms with van der Waals surface area (Å²) in [6, 6.07) is 5.14. The van der Waals surface area contributed by atoms with Gasteiger partial charge in [-0.05, 0) is 30.9 Å². The number of carbonyl (C=O) groups excluding carboxylic acids is 3. The van der Waals surface area contributed by atoms with Crippen LogP contribution in [0.25, 0.3) is 0 Å². The first kappa shape index (κ1) is 20.3. The first-order chi connectivity index (χ1) is 12.9. The van der Waals surface area contributed by atoms with Crippen molar-refractivity contribution in [2.45, 2.75) is 26.2 Å². The molecule has 1 aliphatic heterocycles. The van der Waals surface area contributed by atoms with Gasteiger partial charge in [0.25, 0.3) is 17.5 Å². The molecule has 1 saturated heterocycles. The van der Waals surface area contributed by atoms with E-state index in [0.29, 0.717) is 19.0 Å². The van der Waals surface area contributed by atoms with Gasteiger partial charge in [0, 0.05) is 37.3 Å². The Kier molecular flexibility index (Phi) is 7.27. The van der Waals surface area contributed by atoms with Crippen LogP contribution in [0.4, 0.5) is 5.69 Å². The third-order valence-corrected chi connectivity index (χ3v) is 4.32. The molecule has 0 radical (unpaired) electrons. The van der Waals surface area contributed by atoms with E-state index in [1.165, 1.54) is 24.3 Å². The number of carbonyl (C=O) groups is 3. The lowest BCUT2D eigenvalue weighted by Gasteiger charge is -2.30. The number of non-ortho nitro benzene ring substituents is 1. The van der Waals surface area contributed by atoms with Gasteiger partial charge in [0.05, 0.1) is 11.3 Å². The molecule has 1 atom stereocenters. The Bertz CT molecular complexity index is 704. The number of piperidine rings is 1. The van der Waals surface area contributed by atoms with Crippen LogP contribution in [0.3, 0.4) is 0 Å². The monoisotopic (exact) mass is 377 g/mol. The highest BCUT2D eigenvalue weighted by Gasteiger charge is 2.21. The van der Waals surface area contributed by atoms with Gasteiger partial charge in [-0.1, -0.05) is 6.92 Å². The van der Waals surface area contributed by atoms with Crippen LogP contribution in [0.1, 0.15) is 36.5 Å². The van der Waals surface area contributed by atoms with Gasteiger partial charge in [-0.3, -0.25) is 24.5 Å². The molecule has 2 amide bonds. The highest BCUT2D eigenvalue weighted by Crippen LogP contribution is 2.15. The summed E-state index contributed by atoms with van der Waals surface area (Å²) in [5.74, 6) is -0.772. The van der Waals surface area contributed by atoms with Gasteiger partial charge in [-0.25, -0.2) is 0 Å². The molecule has 9 heteroatoms. The summed E-state index contributed by atoms with van der Waals surface area (Å²) in [6.45, 7) is 3.21. The summed E-state index contributed by atoms with van der Waals surface area (Å²) in [6.07, 6.45) is 1.98. The Morgan fingerprint density at radius 3 is 2.63 bits per heavy atom. The Morgan fingerprint density at radius 2 is 2.00 bits per heavy atom. The minimum Gasteiger partial charge on any atom is -0.456 e. The molecule has 9 nitrogen and oxygen atoms in total. The van der Waals surface area contributed by atoms with E-state index in [0.717, 1.165) is 12.8 Å². The summed E-state index contributed by atoms with van der Waals surface area (Å²) in [5, 5.41) is 13.1. The number of nitrogens with one attached hydrogen (secondary N) is 1. The maximum Gasteiger partial charge on any atom is 0.308 e. The molecule has 1 aromatic rings. The number of hydrogen-bond donors (Lipinski definition) is 1. The highest BCUT2D eigenvalue weighted by atomic mass is 16.6. The molecule has 0 saturated carbocycles. The molecule has 27 heavy (non-hydrogen) atoms. The van der Waals surface area contributed by atoms with Gasteiger partial charge in [0.1, 0.15) is 0 Å². The van der Waals surface area contributed by atoms with Crippen molar-refractivity contribution in [3.63, 3.8) is 0 Å². The average molecular weight is 377 g/mol. The zero-order valence-electron chi connectivity index (χ0n) is 15.2. The summed E-state index contributed by atoms with van der Waals surface area (Å²) in [7, 11) is 0. The lowest BCUT2D eigenvalue weighted by atomic mass is 10.0. The Labute approximate surface area is 156 Å². The Morgan fingerprint density at radius 1 is 1.30 bits per heavy atom. The van der Waals surface area contributed by atoms with Gasteiger partial charge in [0.15, 0.2) is 6.61 Å². The van der Waals surface area contributed by atoms with Crippen LogP contribution >= 0.6 is 0 Å². The third kappa shape index (κ3) is 6.36. The van der Waals surface area contributed by atoms with Crippen molar-refractivity contribution in [2.75, 3.05) is 26.2 Å². The number of nitro benzene ring substituents is 1. The molecule has 0 unspecified atom stereocenters. The number of nitrogens with zero attached hydrogens (tertiary/aromatic N) is 2. The second-order valence-electron chi connectivity index (χ2n) is 6.56. The van der Waals surface area contributed by atoms with E-state index < -0.39 is 16.8 Å². The van der Waals surface area contributed by atoms with Crippen LogP contribution in [0.15, 0.2) is 24.3 Å². The Hall–Kier alpha value is -2.97. The summed E-state index contributed by atoms with van der Waals surface area (Å²) in [4.78, 5) is 47.4. The molecule has 0 bridgehead atoms. The number of benzene rings is 1. The average Bonchev–Trinajstić information content (AvgIpc) is 2.66. The summed E-state index contributed by atoms with van der Waals surface area (Å²) in [5.41, 5.74) is 0.145. The first-order valence-electron chi connectivity index (χ1n) is 8.83. The number of ether oxygens (including phenoxy) is 1. The van der Waals surface area contributed by atoms with Crippen molar-refractivity contribution in [3.05, 3.63) is 39.9 Å². The molecule has 1 heterocycles. The molecular weight excluding hydrogens is 354 g/mol. The third-order valence-electron chi connectivity index (χ3n) is 4.32. The lowest BCUT2D eigenvalue weighted by molar-refractivity contribution is -0.384. The molecule has 0 aromatic heterocycles. The standard InChI is InChI=1S/C18H23N3O6/c1-13-3-2-10-20(11-13)16(22)12-27-17(23)8-9-19-18(24)14-4-6-15(7-5-14)21(25)26/h4-7,13H,2-3,8-12H2,1H3,(H,19,24)/t13-/m0/s1. The van der Waals surface area contributed by atoms with Crippen LogP contribution < -0.4 is 5.32 Å². The van der Waals surface area contributed by atoms with E-state index in [1.807, 2.05) is 0 Å². The maximum atomic E-state index is 12.0. The molecule has 1 N–H and O–H groups in total. The number of esters is 1. The maximum absolute atomic E-state index is 12.0. The molecule has 1 aliphatic rings. The molecule has 1 aromatic carbocycles. The minimum atomic E-state index is -0.572. The van der Waals surface area contributed by atoms with Crippen LogP contribution in [0.2, 0.25) is 0 Å². The van der Waals surface area contributed by atoms with E-state index in [9.17, 15) is 24.5 Å². The summed E-state index contributed by atoms with van der Waals surface area (Å²) >= 11 is 0. The SMILES string of the molecule is C[C@H]1CCCN(C(=O)COC(=O)CCNC(=O)c2ccc([N+](=O)[O-])cc2)C1. The van der Waals surface area contributed by atoms with Crippen molar-refractivity contribution in [1.29, 1.82) is 0 Å². The number of nitro groups is 1. The number of likely N-dealkylation sites (tertiary alicyclic amines) is 1. The first-order valence-corrected chi connectivity index (χ1v) is 8.83. The number of amides is 2. The molecule has 0 spiro atoms. The van der Waals surface area contributed by atoms with Crippen molar-refractivity contribution < 1.29 is 24.0 Å². The van der Waals surface area contributed by atoms with Gasteiger partial charge in [0.2, 0.25) is 0 Å². The van der Waals surface area contributed by atoms with Crippen LogP contribution in [0.5, 0.6) is 0 Å². The molecule has 0 aliphatic carbocycles. The van der Waals surface area contributed by atoms with E-state index >= 15 is 0 Å². The fraction of sp³-hybridized carbons (Fsp3) is 0.500. The molecule has 1 fully saturated rings. The smallest absolute Gasteiger partial charge is 0.308 e. The largest absolute Gasteiger partial charge is 0.456 e. The van der Waals surface area contributed by atoms with Crippen molar-refractivity contribution in [1.82, 2.24) is 10.2 Å². The van der Waals surface area contributed by atoms with Gasteiger partial charge < -0.3 is 15.0 Å².